The molecule has 1 aromatic rings. The van der Waals surface area contributed by atoms with Crippen LogP contribution in [0.4, 0.5) is 0 Å². The second-order valence-electron chi connectivity index (χ2n) is 4.80. The molecule has 0 heterocycles. The van der Waals surface area contributed by atoms with Gasteiger partial charge in [-0.15, -0.1) is 0 Å². The normalized spacial score (nSPS) is 13.6. The third-order valence-electron chi connectivity index (χ3n) is 3.10. The Balaban J connectivity index is 2.38. The minimum Gasteiger partial charge on any atom is -0.497 e. The molecule has 2 unspecified atom stereocenters. The van der Waals surface area contributed by atoms with Crippen LogP contribution >= 0.6 is 0 Å². The molecule has 0 aliphatic heterocycles. The van der Waals surface area contributed by atoms with Gasteiger partial charge in [0.05, 0.1) is 13.2 Å². The molecule has 0 aliphatic carbocycles. The van der Waals surface area contributed by atoms with Gasteiger partial charge in [0.15, 0.2) is 0 Å². The first-order chi connectivity index (χ1) is 9.54. The monoisotopic (exact) mass is 280 g/mol. The van der Waals surface area contributed by atoms with Crippen molar-refractivity contribution in [3.8, 4) is 5.75 Å². The zero-order valence-corrected chi connectivity index (χ0v) is 12.3. The summed E-state index contributed by atoms with van der Waals surface area (Å²) in [6.45, 7) is 4.82. The van der Waals surface area contributed by atoms with Gasteiger partial charge in [0.1, 0.15) is 5.75 Å². The molecular weight excluding hydrogens is 256 g/mol. The van der Waals surface area contributed by atoms with E-state index in [-0.39, 0.29) is 11.9 Å². The fraction of sp³-hybridized carbons (Fsp3) is 0.533. The van der Waals surface area contributed by atoms with Gasteiger partial charge in [0.2, 0.25) is 5.91 Å². The molecule has 0 saturated heterocycles. The molecule has 1 rings (SSSR count). The summed E-state index contributed by atoms with van der Waals surface area (Å²) in [7, 11) is 1.61. The molecule has 0 fully saturated rings. The quantitative estimate of drug-likeness (QED) is 0.626. The first kappa shape index (κ1) is 16.5. The highest BCUT2D eigenvalue weighted by atomic mass is 16.5. The number of benzene rings is 1. The van der Waals surface area contributed by atoms with Gasteiger partial charge in [-0.25, -0.2) is 0 Å². The second-order valence-corrected chi connectivity index (χ2v) is 4.80. The number of hydrogen-bond acceptors (Lipinski definition) is 4. The molecule has 5 nitrogen and oxygen atoms in total. The summed E-state index contributed by atoms with van der Waals surface area (Å²) < 4.78 is 5.15. The summed E-state index contributed by atoms with van der Waals surface area (Å²) >= 11 is 0. The predicted octanol–water partition coefficient (Wildman–Crippen LogP) is 1.23. The summed E-state index contributed by atoms with van der Waals surface area (Å²) in [6.07, 6.45) is 0.236. The van der Waals surface area contributed by atoms with Gasteiger partial charge in [-0.2, -0.15) is 0 Å². The molecular formula is C15H24N2O3. The van der Waals surface area contributed by atoms with E-state index >= 15 is 0 Å². The van der Waals surface area contributed by atoms with Crippen LogP contribution in [0.5, 0.6) is 5.75 Å². The maximum Gasteiger partial charge on any atom is 0.216 e. The Bertz CT molecular complexity index is 423. The van der Waals surface area contributed by atoms with Crippen LogP contribution in [0.2, 0.25) is 0 Å². The highest BCUT2D eigenvalue weighted by Crippen LogP contribution is 2.21. The van der Waals surface area contributed by atoms with E-state index in [1.165, 1.54) is 6.92 Å². The third-order valence-corrected chi connectivity index (χ3v) is 3.10. The van der Waals surface area contributed by atoms with E-state index in [0.717, 1.165) is 24.3 Å². The number of carbonyl (C=O) groups is 1. The number of rotatable bonds is 8. The number of carbonyl (C=O) groups excluding carboxylic acids is 1. The highest BCUT2D eigenvalue weighted by molar-refractivity contribution is 5.72. The lowest BCUT2D eigenvalue weighted by atomic mass is 10.0. The molecule has 0 aliphatic rings. The zero-order valence-electron chi connectivity index (χ0n) is 12.3. The van der Waals surface area contributed by atoms with Crippen molar-refractivity contribution in [2.75, 3.05) is 20.2 Å². The molecule has 0 aromatic heterocycles. The molecule has 2 atom stereocenters. The van der Waals surface area contributed by atoms with Gasteiger partial charge < -0.3 is 20.5 Å². The van der Waals surface area contributed by atoms with Crippen molar-refractivity contribution in [1.82, 2.24) is 10.6 Å². The van der Waals surface area contributed by atoms with Gasteiger partial charge in [-0.1, -0.05) is 12.1 Å². The van der Waals surface area contributed by atoms with E-state index in [1.54, 1.807) is 7.11 Å². The molecule has 1 amide bonds. The second kappa shape index (κ2) is 8.55. The van der Waals surface area contributed by atoms with E-state index in [0.29, 0.717) is 6.54 Å². The Morgan fingerprint density at radius 3 is 2.80 bits per heavy atom. The summed E-state index contributed by atoms with van der Waals surface area (Å²) in [5.41, 5.74) is 0.825. The maximum atomic E-state index is 10.7. The Labute approximate surface area is 120 Å². The third kappa shape index (κ3) is 5.59. The molecule has 1 aromatic carbocycles. The van der Waals surface area contributed by atoms with Crippen LogP contribution in [0, 0.1) is 0 Å². The predicted molar refractivity (Wildman–Crippen MR) is 78.7 cm³/mol. The first-order valence-electron chi connectivity index (χ1n) is 6.84. The number of aliphatic hydroxyl groups excluding tert-OH is 1. The minimum absolute atomic E-state index is 0.0190. The van der Waals surface area contributed by atoms with E-state index in [1.807, 2.05) is 31.2 Å². The Morgan fingerprint density at radius 1 is 1.40 bits per heavy atom. The molecule has 0 bridgehead atoms. The van der Waals surface area contributed by atoms with Crippen molar-refractivity contribution in [3.05, 3.63) is 29.8 Å². The van der Waals surface area contributed by atoms with Gasteiger partial charge in [0.25, 0.3) is 0 Å². The largest absolute Gasteiger partial charge is 0.497 e. The van der Waals surface area contributed by atoms with Crippen LogP contribution in [-0.2, 0) is 4.79 Å². The van der Waals surface area contributed by atoms with E-state index < -0.39 is 6.10 Å². The average Bonchev–Trinajstić information content (AvgIpc) is 2.45. The van der Waals surface area contributed by atoms with Crippen LogP contribution in [0.15, 0.2) is 24.3 Å². The molecule has 3 N–H and O–H groups in total. The number of hydrogen-bond donors (Lipinski definition) is 3. The van der Waals surface area contributed by atoms with E-state index in [2.05, 4.69) is 10.6 Å². The van der Waals surface area contributed by atoms with Gasteiger partial charge in [-0.3, -0.25) is 4.79 Å². The number of methoxy groups -OCH3 is 1. The Morgan fingerprint density at radius 2 is 2.15 bits per heavy atom. The SMILES string of the molecule is COc1cccc(C(O)C(C)NCCCNC(C)=O)c1. The summed E-state index contributed by atoms with van der Waals surface area (Å²) in [6, 6.07) is 7.35. The smallest absolute Gasteiger partial charge is 0.216 e. The highest BCUT2D eigenvalue weighted by Gasteiger charge is 2.16. The lowest BCUT2D eigenvalue weighted by molar-refractivity contribution is -0.118. The van der Waals surface area contributed by atoms with Crippen molar-refractivity contribution in [2.24, 2.45) is 0 Å². The fourth-order valence-electron chi connectivity index (χ4n) is 1.91. The summed E-state index contributed by atoms with van der Waals surface area (Å²) in [5, 5.41) is 16.3. The lowest BCUT2D eigenvalue weighted by Gasteiger charge is -2.21. The summed E-state index contributed by atoms with van der Waals surface area (Å²) in [5.74, 6) is 0.717. The van der Waals surface area contributed by atoms with Crippen LogP contribution in [0.1, 0.15) is 31.9 Å². The average molecular weight is 280 g/mol. The molecule has 0 spiro atoms. The zero-order chi connectivity index (χ0) is 15.0. The standard InChI is InChI=1S/C15H24N2O3/c1-11(16-8-5-9-17-12(2)18)15(19)13-6-4-7-14(10-13)20-3/h4,6-7,10-11,15-16,19H,5,8-9H2,1-3H3,(H,17,18). The van der Waals surface area contributed by atoms with E-state index in [9.17, 15) is 9.90 Å². The molecule has 0 radical (unpaired) electrons. The molecule has 112 valence electrons. The van der Waals surface area contributed by atoms with Crippen LogP contribution in [0.25, 0.3) is 0 Å². The fourth-order valence-corrected chi connectivity index (χ4v) is 1.91. The van der Waals surface area contributed by atoms with Crippen LogP contribution in [0.3, 0.4) is 0 Å². The lowest BCUT2D eigenvalue weighted by Crippen LogP contribution is -2.34. The van der Waals surface area contributed by atoms with Crippen molar-refractivity contribution in [3.63, 3.8) is 0 Å². The van der Waals surface area contributed by atoms with Crippen molar-refractivity contribution >= 4 is 5.91 Å². The van der Waals surface area contributed by atoms with Crippen LogP contribution < -0.4 is 15.4 Å². The molecule has 0 saturated carbocycles. The summed E-state index contributed by atoms with van der Waals surface area (Å²) in [4.78, 5) is 10.7. The minimum atomic E-state index is -0.592. The number of ether oxygens (including phenoxy) is 1. The van der Waals surface area contributed by atoms with Gasteiger partial charge in [-0.05, 0) is 37.6 Å². The van der Waals surface area contributed by atoms with Crippen LogP contribution in [-0.4, -0.2) is 37.3 Å². The Kier molecular flexibility index (Phi) is 7.04. The number of nitrogens with one attached hydrogen (secondary N) is 2. The number of amides is 1. The molecule has 5 heteroatoms. The first-order valence-corrected chi connectivity index (χ1v) is 6.84. The van der Waals surface area contributed by atoms with Crippen molar-refractivity contribution in [1.29, 1.82) is 0 Å². The number of aliphatic hydroxyl groups is 1. The Hall–Kier alpha value is -1.59. The molecule has 20 heavy (non-hydrogen) atoms. The topological polar surface area (TPSA) is 70.6 Å². The van der Waals surface area contributed by atoms with Crippen molar-refractivity contribution < 1.29 is 14.6 Å². The van der Waals surface area contributed by atoms with Crippen molar-refractivity contribution in [2.45, 2.75) is 32.4 Å². The maximum absolute atomic E-state index is 10.7. The van der Waals surface area contributed by atoms with Gasteiger partial charge in [0, 0.05) is 19.5 Å². The van der Waals surface area contributed by atoms with E-state index in [4.69, 9.17) is 4.74 Å². The van der Waals surface area contributed by atoms with Gasteiger partial charge >= 0.3 is 0 Å².